The zero-order chi connectivity index (χ0) is 27.3. The van der Waals surface area contributed by atoms with Gasteiger partial charge in [-0.05, 0) is 84.8 Å². The van der Waals surface area contributed by atoms with Gasteiger partial charge in [-0.15, -0.1) is 0 Å². The first-order valence-corrected chi connectivity index (χ1v) is 16.5. The lowest BCUT2D eigenvalue weighted by Gasteiger charge is -2.36. The van der Waals surface area contributed by atoms with E-state index in [1.807, 2.05) is 24.3 Å². The van der Waals surface area contributed by atoms with Crippen LogP contribution in [-0.4, -0.2) is 45.0 Å². The normalized spacial score (nSPS) is 21.3. The Kier molecular flexibility index (Phi) is 8.92. The van der Waals surface area contributed by atoms with Crippen LogP contribution in [0.3, 0.4) is 0 Å². The first kappa shape index (κ1) is 27.9. The lowest BCUT2D eigenvalue weighted by Crippen LogP contribution is -2.50. The van der Waals surface area contributed by atoms with Crippen molar-refractivity contribution in [2.75, 3.05) is 24.8 Å². The molecule has 0 saturated carbocycles. The van der Waals surface area contributed by atoms with Crippen molar-refractivity contribution in [3.63, 3.8) is 0 Å². The second-order valence-electron chi connectivity index (χ2n) is 10.9. The number of aliphatic hydroxyl groups is 1. The summed E-state index contributed by atoms with van der Waals surface area (Å²) in [5.41, 5.74) is 9.30. The van der Waals surface area contributed by atoms with Crippen LogP contribution in [0.5, 0.6) is 5.75 Å². The Morgan fingerprint density at radius 2 is 1.63 bits per heavy atom. The largest absolute Gasteiger partial charge is 0.497 e. The van der Waals surface area contributed by atoms with Crippen LogP contribution >= 0.6 is 0 Å². The van der Waals surface area contributed by atoms with Crippen molar-refractivity contribution in [3.8, 4) is 5.75 Å². The summed E-state index contributed by atoms with van der Waals surface area (Å²) in [7, 11) is -0.197. The number of aliphatic hydroxyl groups excluding tert-OH is 1. The van der Waals surface area contributed by atoms with Crippen LogP contribution in [0, 0.1) is 5.92 Å². The summed E-state index contributed by atoms with van der Waals surface area (Å²) in [6.45, 7) is 7.30. The molecule has 0 radical (unpaired) electrons. The fourth-order valence-corrected chi connectivity index (χ4v) is 10.1. The van der Waals surface area contributed by atoms with Gasteiger partial charge in [0.05, 0.1) is 27.4 Å². The molecule has 1 fully saturated rings. The highest BCUT2D eigenvalue weighted by atomic mass is 28.3. The fourth-order valence-electron chi connectivity index (χ4n) is 5.95. The van der Waals surface area contributed by atoms with Crippen LogP contribution in [0.15, 0.2) is 72.8 Å². The number of amides is 1. The quantitative estimate of drug-likeness (QED) is 0.245. The van der Waals surface area contributed by atoms with E-state index >= 15 is 0 Å². The van der Waals surface area contributed by atoms with Gasteiger partial charge in [0.15, 0.2) is 0 Å². The van der Waals surface area contributed by atoms with Crippen LogP contribution in [0.1, 0.15) is 35.7 Å². The highest BCUT2D eigenvalue weighted by molar-refractivity contribution is 6.91. The molecule has 4 rings (SSSR count). The number of nitrogens with two attached hydrogens (primary N) is 1. The highest BCUT2D eigenvalue weighted by Gasteiger charge is 2.50. The third kappa shape index (κ3) is 6.29. The molecule has 7 heteroatoms. The fraction of sp³-hybridized carbons (Fsp3) is 0.387. The molecule has 3 aromatic carbocycles. The van der Waals surface area contributed by atoms with Crippen LogP contribution in [-0.2, 0) is 11.2 Å². The van der Waals surface area contributed by atoms with E-state index in [9.17, 15) is 9.90 Å². The van der Waals surface area contributed by atoms with Gasteiger partial charge in [-0.2, -0.15) is 0 Å². The number of carbonyl (C=O) groups excluding carboxylic acids is 1. The van der Waals surface area contributed by atoms with E-state index in [0.29, 0.717) is 29.1 Å². The van der Waals surface area contributed by atoms with E-state index in [1.165, 1.54) is 10.8 Å². The smallest absolute Gasteiger partial charge is 0.255 e. The van der Waals surface area contributed by atoms with Gasteiger partial charge in [0.1, 0.15) is 5.75 Å². The molecule has 1 aliphatic heterocycles. The Hall–Kier alpha value is -3.13. The first-order chi connectivity index (χ1) is 18.2. The van der Waals surface area contributed by atoms with E-state index in [1.54, 1.807) is 31.4 Å². The molecule has 3 aromatic rings. The van der Waals surface area contributed by atoms with Crippen LogP contribution < -0.4 is 21.0 Å². The standard InChI is InChI=1S/C31H40N2O4Si/c1-21-28(37-29(19-20-34)30(21)38(3,4)27-16-14-26(36-2)15-17-27)18-7-22-5-12-25(13-6-22)33-31(35)23-8-10-24(32)11-9-23/h5-6,8-17,21,28-30,34H,7,18-20,32H2,1-4H3,(H,33,35)/t21-,28+,29-,30+/m0/s1. The minimum absolute atomic E-state index is 0.0645. The summed E-state index contributed by atoms with van der Waals surface area (Å²) in [5.74, 6) is 1.11. The van der Waals surface area contributed by atoms with Gasteiger partial charge < -0.3 is 25.6 Å². The van der Waals surface area contributed by atoms with E-state index in [2.05, 4.69) is 49.6 Å². The first-order valence-electron chi connectivity index (χ1n) is 13.4. The number of rotatable bonds is 10. The molecular weight excluding hydrogens is 492 g/mol. The van der Waals surface area contributed by atoms with Gasteiger partial charge in [0.25, 0.3) is 5.91 Å². The molecule has 1 aliphatic rings. The van der Waals surface area contributed by atoms with Crippen molar-refractivity contribution in [3.05, 3.63) is 83.9 Å². The van der Waals surface area contributed by atoms with E-state index in [0.717, 1.165) is 24.3 Å². The van der Waals surface area contributed by atoms with E-state index < -0.39 is 8.07 Å². The van der Waals surface area contributed by atoms with Gasteiger partial charge in [-0.1, -0.05) is 49.5 Å². The number of nitrogen functional groups attached to an aromatic ring is 1. The lowest BCUT2D eigenvalue weighted by atomic mass is 9.95. The molecule has 4 N–H and O–H groups in total. The topological polar surface area (TPSA) is 93.8 Å². The maximum Gasteiger partial charge on any atom is 0.255 e. The van der Waals surface area contributed by atoms with Crippen molar-refractivity contribution in [2.45, 2.75) is 57.0 Å². The summed E-state index contributed by atoms with van der Waals surface area (Å²) in [5, 5.41) is 14.1. The molecule has 1 amide bonds. The minimum Gasteiger partial charge on any atom is -0.497 e. The molecule has 0 unspecified atom stereocenters. The van der Waals surface area contributed by atoms with Crippen LogP contribution in [0.25, 0.3) is 0 Å². The minimum atomic E-state index is -1.89. The third-order valence-electron chi connectivity index (χ3n) is 8.09. The average molecular weight is 533 g/mol. The summed E-state index contributed by atoms with van der Waals surface area (Å²) in [6, 6.07) is 23.4. The molecular formula is C31H40N2O4Si. The SMILES string of the molecule is COc1ccc([Si](C)(C)[C@@H]2[C@@H](C)[C@@H](CCc3ccc(NC(=O)c4ccc(N)cc4)cc3)O[C@H]2CCO)cc1. The number of nitrogens with one attached hydrogen (secondary N) is 1. The number of ether oxygens (including phenoxy) is 2. The predicted molar refractivity (Wildman–Crippen MR) is 157 cm³/mol. The summed E-state index contributed by atoms with van der Waals surface area (Å²) in [4.78, 5) is 12.5. The number of carbonyl (C=O) groups is 1. The molecule has 38 heavy (non-hydrogen) atoms. The van der Waals surface area contributed by atoms with Crippen molar-refractivity contribution in [1.82, 2.24) is 0 Å². The van der Waals surface area contributed by atoms with E-state index in [-0.39, 0.29) is 24.7 Å². The zero-order valence-electron chi connectivity index (χ0n) is 22.8. The third-order valence-corrected chi connectivity index (χ3v) is 12.5. The van der Waals surface area contributed by atoms with Crippen molar-refractivity contribution in [2.24, 2.45) is 5.92 Å². The Bertz CT molecular complexity index is 1200. The number of hydrogen-bond donors (Lipinski definition) is 3. The van der Waals surface area contributed by atoms with Crippen LogP contribution in [0.2, 0.25) is 18.6 Å². The molecule has 0 bridgehead atoms. The van der Waals surface area contributed by atoms with Gasteiger partial charge in [-0.25, -0.2) is 0 Å². The monoisotopic (exact) mass is 532 g/mol. The molecule has 202 valence electrons. The molecule has 1 saturated heterocycles. The highest BCUT2D eigenvalue weighted by Crippen LogP contribution is 2.46. The average Bonchev–Trinajstić information content (AvgIpc) is 3.24. The Balaban J connectivity index is 1.39. The second kappa shape index (κ2) is 12.2. The van der Waals surface area contributed by atoms with E-state index in [4.69, 9.17) is 15.2 Å². The number of benzene rings is 3. The maximum absolute atomic E-state index is 12.5. The molecule has 0 aliphatic carbocycles. The summed E-state index contributed by atoms with van der Waals surface area (Å²) >= 11 is 0. The molecule has 0 aromatic heterocycles. The number of hydrogen-bond acceptors (Lipinski definition) is 5. The summed E-state index contributed by atoms with van der Waals surface area (Å²) < 4.78 is 12.0. The van der Waals surface area contributed by atoms with Gasteiger partial charge in [0.2, 0.25) is 0 Å². The summed E-state index contributed by atoms with van der Waals surface area (Å²) in [6.07, 6.45) is 2.69. The second-order valence-corrected chi connectivity index (χ2v) is 15.6. The van der Waals surface area contributed by atoms with Crippen molar-refractivity contribution >= 4 is 30.5 Å². The molecule has 0 spiro atoms. The van der Waals surface area contributed by atoms with Gasteiger partial charge in [-0.3, -0.25) is 4.79 Å². The number of aryl methyl sites for hydroxylation is 1. The maximum atomic E-state index is 12.5. The number of methoxy groups -OCH3 is 1. The van der Waals surface area contributed by atoms with Gasteiger partial charge >= 0.3 is 0 Å². The van der Waals surface area contributed by atoms with Crippen molar-refractivity contribution < 1.29 is 19.4 Å². The Labute approximate surface area is 227 Å². The molecule has 6 nitrogen and oxygen atoms in total. The molecule has 1 heterocycles. The van der Waals surface area contributed by atoms with Gasteiger partial charge in [0, 0.05) is 23.5 Å². The Morgan fingerprint density at radius 3 is 2.24 bits per heavy atom. The Morgan fingerprint density at radius 1 is 0.974 bits per heavy atom. The zero-order valence-corrected chi connectivity index (χ0v) is 23.8. The molecule has 4 atom stereocenters. The lowest BCUT2D eigenvalue weighted by molar-refractivity contribution is 0.0196. The predicted octanol–water partition coefficient (Wildman–Crippen LogP) is 5.23. The van der Waals surface area contributed by atoms with Crippen molar-refractivity contribution in [1.29, 1.82) is 0 Å². The van der Waals surface area contributed by atoms with Crippen LogP contribution in [0.4, 0.5) is 11.4 Å². The number of anilines is 2.